The van der Waals surface area contributed by atoms with Crippen molar-refractivity contribution in [3.05, 3.63) is 101 Å². The van der Waals surface area contributed by atoms with E-state index in [1.807, 2.05) is 30.3 Å². The van der Waals surface area contributed by atoms with Crippen LogP contribution in [0, 0.1) is 5.82 Å². The van der Waals surface area contributed by atoms with Gasteiger partial charge in [-0.25, -0.2) is 4.39 Å². The monoisotopic (exact) mass is 392 g/mol. The Morgan fingerprint density at radius 1 is 0.964 bits per heavy atom. The fraction of sp³-hybridized carbons (Fsp3) is 0.0455. The van der Waals surface area contributed by atoms with Gasteiger partial charge in [-0.05, 0) is 35.9 Å². The van der Waals surface area contributed by atoms with Gasteiger partial charge in [0.25, 0.3) is 0 Å². The molecule has 1 aromatic heterocycles. The third kappa shape index (κ3) is 3.57. The molecule has 0 radical (unpaired) electrons. The van der Waals surface area contributed by atoms with E-state index >= 15 is 0 Å². The van der Waals surface area contributed by atoms with E-state index in [1.54, 1.807) is 24.4 Å². The Bertz CT molecular complexity index is 1170. The van der Waals surface area contributed by atoms with Crippen molar-refractivity contribution in [1.29, 1.82) is 0 Å². The number of carbonyl (C=O) groups excluding carboxylic acids is 1. The average molecular weight is 393 g/mol. The molecule has 3 aromatic carbocycles. The number of halogens is 2. The van der Waals surface area contributed by atoms with Gasteiger partial charge < -0.3 is 4.74 Å². The van der Waals surface area contributed by atoms with Crippen LogP contribution in [-0.4, -0.2) is 15.8 Å². The third-order valence-electron chi connectivity index (χ3n) is 4.25. The molecular weight excluding hydrogens is 379 g/mol. The van der Waals surface area contributed by atoms with Crippen molar-refractivity contribution < 1.29 is 13.9 Å². The fourth-order valence-corrected chi connectivity index (χ4v) is 3.13. The molecule has 0 unspecified atom stereocenters. The molecule has 0 N–H and O–H groups in total. The van der Waals surface area contributed by atoms with Gasteiger partial charge in [0.15, 0.2) is 5.78 Å². The van der Waals surface area contributed by atoms with Crippen LogP contribution in [0.5, 0.6) is 5.75 Å². The summed E-state index contributed by atoms with van der Waals surface area (Å²) in [6, 6.07) is 16.9. The number of hydrogen-bond donors (Lipinski definition) is 0. The molecule has 6 heteroatoms. The first-order chi connectivity index (χ1) is 13.6. The van der Waals surface area contributed by atoms with Gasteiger partial charge in [0.2, 0.25) is 0 Å². The van der Waals surface area contributed by atoms with E-state index in [1.165, 1.54) is 18.3 Å². The van der Waals surface area contributed by atoms with Crippen molar-refractivity contribution in [3.63, 3.8) is 0 Å². The minimum Gasteiger partial charge on any atom is -0.487 e. The van der Waals surface area contributed by atoms with Crippen molar-refractivity contribution in [2.45, 2.75) is 6.61 Å². The molecule has 0 amide bonds. The van der Waals surface area contributed by atoms with Gasteiger partial charge in [0, 0.05) is 18.0 Å². The lowest BCUT2D eigenvalue weighted by atomic mass is 10.0. The van der Waals surface area contributed by atoms with E-state index in [0.717, 1.165) is 5.56 Å². The Morgan fingerprint density at radius 2 is 1.71 bits per heavy atom. The molecule has 4 aromatic rings. The van der Waals surface area contributed by atoms with E-state index in [9.17, 15) is 9.18 Å². The van der Waals surface area contributed by atoms with Gasteiger partial charge in [0.05, 0.1) is 21.6 Å². The lowest BCUT2D eigenvalue weighted by Crippen LogP contribution is -2.07. The number of aromatic nitrogens is 2. The summed E-state index contributed by atoms with van der Waals surface area (Å²) in [6.45, 7) is 0.255. The highest BCUT2D eigenvalue weighted by Gasteiger charge is 2.21. The van der Waals surface area contributed by atoms with Crippen LogP contribution in [-0.2, 0) is 6.61 Å². The maximum Gasteiger partial charge on any atom is 0.197 e. The molecule has 0 saturated carbocycles. The van der Waals surface area contributed by atoms with Crippen LogP contribution in [0.1, 0.15) is 21.5 Å². The van der Waals surface area contributed by atoms with E-state index in [-0.39, 0.29) is 28.5 Å². The second kappa shape index (κ2) is 7.74. The van der Waals surface area contributed by atoms with E-state index < -0.39 is 11.6 Å². The summed E-state index contributed by atoms with van der Waals surface area (Å²) in [4.78, 5) is 21.3. The third-order valence-corrected chi connectivity index (χ3v) is 4.63. The molecule has 0 saturated heterocycles. The predicted octanol–water partition coefficient (Wildman–Crippen LogP) is 5.23. The molecule has 138 valence electrons. The SMILES string of the molecule is O=C(c1ccc2nccnc2c1)c1c(F)ccc(OCc2ccccc2)c1Cl. The van der Waals surface area contributed by atoms with Gasteiger partial charge >= 0.3 is 0 Å². The van der Waals surface area contributed by atoms with Crippen LogP contribution < -0.4 is 4.74 Å². The number of fused-ring (bicyclic) bond motifs is 1. The Morgan fingerprint density at radius 3 is 2.50 bits per heavy atom. The summed E-state index contributed by atoms with van der Waals surface area (Å²) in [5.41, 5.74) is 2.17. The summed E-state index contributed by atoms with van der Waals surface area (Å²) in [7, 11) is 0. The van der Waals surface area contributed by atoms with Gasteiger partial charge in [-0.3, -0.25) is 14.8 Å². The van der Waals surface area contributed by atoms with Crippen LogP contribution >= 0.6 is 11.6 Å². The number of nitrogens with zero attached hydrogens (tertiary/aromatic N) is 2. The maximum absolute atomic E-state index is 14.5. The quantitative estimate of drug-likeness (QED) is 0.436. The minimum absolute atomic E-state index is 0.0554. The number of carbonyl (C=O) groups is 1. The smallest absolute Gasteiger partial charge is 0.197 e. The molecule has 4 nitrogen and oxygen atoms in total. The summed E-state index contributed by atoms with van der Waals surface area (Å²) in [5, 5.41) is -0.0554. The molecule has 28 heavy (non-hydrogen) atoms. The standard InChI is InChI=1S/C22H14ClFN2O2/c23-21-19(28-13-14-4-2-1-3-5-14)9-7-16(24)20(21)22(27)15-6-8-17-18(12-15)26-11-10-25-17/h1-12H,13H2. The number of hydrogen-bond acceptors (Lipinski definition) is 4. The first kappa shape index (κ1) is 18.1. The van der Waals surface area contributed by atoms with Gasteiger partial charge in [-0.15, -0.1) is 0 Å². The maximum atomic E-state index is 14.5. The molecule has 0 bridgehead atoms. The van der Waals surface area contributed by atoms with Crippen LogP contribution in [0.4, 0.5) is 4.39 Å². The van der Waals surface area contributed by atoms with Crippen LogP contribution in [0.3, 0.4) is 0 Å². The van der Waals surface area contributed by atoms with Gasteiger partial charge in [-0.2, -0.15) is 0 Å². The highest BCUT2D eigenvalue weighted by atomic mass is 35.5. The zero-order chi connectivity index (χ0) is 19.5. The minimum atomic E-state index is -0.707. The zero-order valence-corrected chi connectivity index (χ0v) is 15.4. The van der Waals surface area contributed by atoms with Crippen LogP contribution in [0.15, 0.2) is 73.1 Å². The molecule has 4 rings (SSSR count). The zero-order valence-electron chi connectivity index (χ0n) is 14.6. The molecule has 0 fully saturated rings. The summed E-state index contributed by atoms with van der Waals surface area (Å²) >= 11 is 6.33. The summed E-state index contributed by atoms with van der Waals surface area (Å²) in [5.74, 6) is -1.00. The molecule has 1 heterocycles. The molecule has 0 aliphatic rings. The Balaban J connectivity index is 1.66. The highest BCUT2D eigenvalue weighted by Crippen LogP contribution is 2.32. The largest absolute Gasteiger partial charge is 0.487 e. The van der Waals surface area contributed by atoms with E-state index in [0.29, 0.717) is 11.0 Å². The Kier molecular flexibility index (Phi) is 5.00. The first-order valence-corrected chi connectivity index (χ1v) is 8.91. The lowest BCUT2D eigenvalue weighted by Gasteiger charge is -2.12. The van der Waals surface area contributed by atoms with Gasteiger partial charge in [-0.1, -0.05) is 41.9 Å². The molecule has 0 spiro atoms. The number of ketones is 1. The first-order valence-electron chi connectivity index (χ1n) is 8.53. The fourth-order valence-electron chi connectivity index (χ4n) is 2.84. The van der Waals surface area contributed by atoms with Crippen molar-refractivity contribution in [3.8, 4) is 5.75 Å². The second-order valence-electron chi connectivity index (χ2n) is 6.10. The van der Waals surface area contributed by atoms with E-state index in [4.69, 9.17) is 16.3 Å². The van der Waals surface area contributed by atoms with Gasteiger partial charge in [0.1, 0.15) is 18.2 Å². The highest BCUT2D eigenvalue weighted by molar-refractivity contribution is 6.36. The average Bonchev–Trinajstić information content (AvgIpc) is 2.73. The second-order valence-corrected chi connectivity index (χ2v) is 6.48. The molecule has 0 aliphatic carbocycles. The summed E-state index contributed by atoms with van der Waals surface area (Å²) in [6.07, 6.45) is 3.09. The van der Waals surface area contributed by atoms with Crippen LogP contribution in [0.2, 0.25) is 5.02 Å². The Labute approximate surface area is 165 Å². The molecule has 0 atom stereocenters. The van der Waals surface area contributed by atoms with Crippen LogP contribution in [0.25, 0.3) is 11.0 Å². The molecular formula is C22H14ClFN2O2. The van der Waals surface area contributed by atoms with Crippen molar-refractivity contribution in [1.82, 2.24) is 9.97 Å². The van der Waals surface area contributed by atoms with Crippen molar-refractivity contribution in [2.24, 2.45) is 0 Å². The molecule has 0 aliphatic heterocycles. The van der Waals surface area contributed by atoms with E-state index in [2.05, 4.69) is 9.97 Å². The lowest BCUT2D eigenvalue weighted by molar-refractivity contribution is 0.103. The topological polar surface area (TPSA) is 52.1 Å². The Hall–Kier alpha value is -3.31. The normalized spacial score (nSPS) is 10.8. The van der Waals surface area contributed by atoms with Crippen molar-refractivity contribution >= 4 is 28.4 Å². The number of rotatable bonds is 5. The van der Waals surface area contributed by atoms with Crippen molar-refractivity contribution in [2.75, 3.05) is 0 Å². The summed E-state index contributed by atoms with van der Waals surface area (Å²) < 4.78 is 20.2. The number of ether oxygens (including phenoxy) is 1. The number of benzene rings is 3. The predicted molar refractivity (Wildman–Crippen MR) is 105 cm³/mol.